The van der Waals surface area contributed by atoms with Crippen LogP contribution in [-0.4, -0.2) is 67.0 Å². The fourth-order valence-electron chi connectivity index (χ4n) is 4.22. The smallest absolute Gasteiger partial charge is 0.479 e. The average molecular weight is 635 g/mol. The number of piperidine rings is 1. The summed E-state index contributed by atoms with van der Waals surface area (Å²) in [5.41, 5.74) is 1.17. The molecule has 220 valence electrons. The molecule has 0 bridgehead atoms. The van der Waals surface area contributed by atoms with E-state index in [-0.39, 0.29) is 34.8 Å². The number of aromatic carboxylic acids is 1. The number of rotatable bonds is 10. The molecular weight excluding hydrogens is 613 g/mol. The summed E-state index contributed by atoms with van der Waals surface area (Å²) in [6.07, 6.45) is -4.35. The molecule has 41 heavy (non-hydrogen) atoms. The van der Waals surface area contributed by atoms with E-state index in [2.05, 4.69) is 10.1 Å². The molecule has 0 saturated carbocycles. The van der Waals surface area contributed by atoms with Crippen LogP contribution in [0.25, 0.3) is 10.4 Å². The monoisotopic (exact) mass is 634 g/mol. The van der Waals surface area contributed by atoms with E-state index in [0.717, 1.165) is 27.8 Å². The summed E-state index contributed by atoms with van der Waals surface area (Å²) in [5, 5.41) is 21.6. The molecule has 0 aliphatic carbocycles. The summed E-state index contributed by atoms with van der Waals surface area (Å²) in [6.45, 7) is -0.681. The molecule has 1 aliphatic rings. The highest BCUT2D eigenvalue weighted by atomic mass is 35.5. The molecule has 0 atom stereocenters. The van der Waals surface area contributed by atoms with Crippen LogP contribution in [0.3, 0.4) is 0 Å². The fourth-order valence-corrected chi connectivity index (χ4v) is 7.21. The van der Waals surface area contributed by atoms with E-state index in [9.17, 15) is 36.3 Å². The Hall–Kier alpha value is -3.53. The number of carboxylic acids is 2. The molecule has 1 aliphatic heterocycles. The standard InChI is InChI=1S/C25H22ClF3N2O8S2/c26-20-21(38-13-19(32)33)23(24(34)35)40-22(20)14-4-3-5-16(12-14)30-15-8-10-31(11-9-15)41(36,37)18-7-2-1-6-17(18)39-25(27,28)29/h1-7,12,15,30H,8-11,13H2,(H,32,33)(H,34,35). The molecule has 1 fully saturated rings. The van der Waals surface area contributed by atoms with Crippen LogP contribution < -0.4 is 14.8 Å². The quantitative estimate of drug-likeness (QED) is 0.267. The third-order valence-corrected chi connectivity index (χ3v) is 9.60. The number of alkyl halides is 3. The number of ether oxygens (including phenoxy) is 2. The Bertz CT molecular complexity index is 1550. The number of hydrogen-bond acceptors (Lipinski definition) is 8. The van der Waals surface area contributed by atoms with Crippen LogP contribution in [0.15, 0.2) is 53.4 Å². The van der Waals surface area contributed by atoms with Crippen LogP contribution in [0.4, 0.5) is 18.9 Å². The van der Waals surface area contributed by atoms with E-state index >= 15 is 0 Å². The first-order valence-electron chi connectivity index (χ1n) is 11.9. The number of aliphatic carboxylic acids is 1. The lowest BCUT2D eigenvalue weighted by atomic mass is 10.1. The highest BCUT2D eigenvalue weighted by Crippen LogP contribution is 2.46. The largest absolute Gasteiger partial charge is 0.573 e. The van der Waals surface area contributed by atoms with Crippen molar-refractivity contribution in [3.05, 3.63) is 58.4 Å². The third-order valence-electron chi connectivity index (χ3n) is 5.99. The molecule has 16 heteroatoms. The van der Waals surface area contributed by atoms with Crippen LogP contribution in [0.1, 0.15) is 22.5 Å². The highest BCUT2D eigenvalue weighted by molar-refractivity contribution is 7.89. The van der Waals surface area contributed by atoms with Crippen molar-refractivity contribution < 1.29 is 50.9 Å². The lowest BCUT2D eigenvalue weighted by Crippen LogP contribution is -2.42. The summed E-state index contributed by atoms with van der Waals surface area (Å²) in [5.74, 6) is -3.66. The Balaban J connectivity index is 1.47. The van der Waals surface area contributed by atoms with Crippen LogP contribution in [0.2, 0.25) is 5.02 Å². The molecule has 3 N–H and O–H groups in total. The number of thiophene rings is 1. The van der Waals surface area contributed by atoms with Gasteiger partial charge in [0.05, 0.1) is 4.88 Å². The molecule has 0 amide bonds. The molecule has 3 aromatic rings. The van der Waals surface area contributed by atoms with Gasteiger partial charge in [-0.2, -0.15) is 4.31 Å². The number of hydrogen-bond donors (Lipinski definition) is 3. The number of sulfonamides is 1. The zero-order valence-electron chi connectivity index (χ0n) is 20.9. The van der Waals surface area contributed by atoms with Gasteiger partial charge in [-0.05, 0) is 42.7 Å². The minimum absolute atomic E-state index is 0.0425. The van der Waals surface area contributed by atoms with Crippen LogP contribution in [0.5, 0.6) is 11.5 Å². The second-order valence-corrected chi connectivity index (χ2v) is 12.1. The van der Waals surface area contributed by atoms with E-state index in [0.29, 0.717) is 29.0 Å². The van der Waals surface area contributed by atoms with Gasteiger partial charge >= 0.3 is 18.3 Å². The Morgan fingerprint density at radius 3 is 2.41 bits per heavy atom. The predicted octanol–water partition coefficient (Wildman–Crippen LogP) is 5.39. The van der Waals surface area contributed by atoms with Crippen LogP contribution >= 0.6 is 22.9 Å². The minimum Gasteiger partial charge on any atom is -0.479 e. The third kappa shape index (κ3) is 7.22. The fraction of sp³-hybridized carbons (Fsp3) is 0.280. The van der Waals surface area contributed by atoms with E-state index in [1.165, 1.54) is 12.1 Å². The van der Waals surface area contributed by atoms with Crippen molar-refractivity contribution in [2.75, 3.05) is 25.0 Å². The summed E-state index contributed by atoms with van der Waals surface area (Å²) < 4.78 is 74.7. The summed E-state index contributed by atoms with van der Waals surface area (Å²) in [4.78, 5) is 22.1. The number of nitrogens with zero attached hydrogens (tertiary/aromatic N) is 1. The minimum atomic E-state index is -5.05. The Kier molecular flexibility index (Phi) is 9.01. The van der Waals surface area contributed by atoms with Crippen molar-refractivity contribution in [1.29, 1.82) is 0 Å². The second kappa shape index (κ2) is 12.1. The maximum absolute atomic E-state index is 13.1. The van der Waals surface area contributed by atoms with Gasteiger partial charge in [-0.1, -0.05) is 35.9 Å². The number of anilines is 1. The molecule has 2 aromatic carbocycles. The van der Waals surface area contributed by atoms with Crippen molar-refractivity contribution in [2.45, 2.75) is 30.1 Å². The van der Waals surface area contributed by atoms with Gasteiger partial charge < -0.3 is 25.0 Å². The number of halogens is 4. The van der Waals surface area contributed by atoms with Crippen molar-refractivity contribution in [3.63, 3.8) is 0 Å². The number of carbonyl (C=O) groups is 2. The summed E-state index contributed by atoms with van der Waals surface area (Å²) in [7, 11) is -4.26. The van der Waals surface area contributed by atoms with Crippen molar-refractivity contribution >= 4 is 50.6 Å². The molecule has 0 unspecified atom stereocenters. The second-order valence-electron chi connectivity index (χ2n) is 8.79. The van der Waals surface area contributed by atoms with Gasteiger partial charge in [0.2, 0.25) is 10.0 Å². The van der Waals surface area contributed by atoms with Gasteiger partial charge in [-0.3, -0.25) is 0 Å². The SMILES string of the molecule is O=C(O)COc1c(C(=O)O)sc(-c2cccc(NC3CCN(S(=O)(=O)c4ccccc4OC(F)(F)F)CC3)c2)c1Cl. The Morgan fingerprint density at radius 2 is 1.78 bits per heavy atom. The van der Waals surface area contributed by atoms with Gasteiger partial charge in [0.15, 0.2) is 17.2 Å². The van der Waals surface area contributed by atoms with Crippen LogP contribution in [0, 0.1) is 0 Å². The van der Waals surface area contributed by atoms with E-state index in [1.807, 2.05) is 0 Å². The molecule has 0 spiro atoms. The number of benzene rings is 2. The summed E-state index contributed by atoms with van der Waals surface area (Å²) in [6, 6.07) is 11.2. The first kappa shape index (κ1) is 30.4. The molecule has 4 rings (SSSR count). The normalized spacial score (nSPS) is 14.9. The van der Waals surface area contributed by atoms with Crippen molar-refractivity contribution in [3.8, 4) is 21.9 Å². The van der Waals surface area contributed by atoms with Gasteiger partial charge in [0.25, 0.3) is 0 Å². The highest BCUT2D eigenvalue weighted by Gasteiger charge is 2.36. The molecule has 0 radical (unpaired) electrons. The van der Waals surface area contributed by atoms with Crippen molar-refractivity contribution in [1.82, 2.24) is 4.31 Å². The van der Waals surface area contributed by atoms with Gasteiger partial charge in [-0.15, -0.1) is 24.5 Å². The number of carboxylic acid groups (broad SMARTS) is 2. The van der Waals surface area contributed by atoms with Crippen molar-refractivity contribution in [2.24, 2.45) is 0 Å². The predicted molar refractivity (Wildman–Crippen MR) is 143 cm³/mol. The lowest BCUT2D eigenvalue weighted by molar-refractivity contribution is -0.275. The number of nitrogens with one attached hydrogen (secondary N) is 1. The zero-order valence-corrected chi connectivity index (χ0v) is 23.2. The zero-order chi connectivity index (χ0) is 29.9. The van der Waals surface area contributed by atoms with E-state index in [4.69, 9.17) is 21.4 Å². The molecule has 2 heterocycles. The Labute approximate surface area is 240 Å². The first-order valence-corrected chi connectivity index (χ1v) is 14.5. The molecule has 1 aromatic heterocycles. The van der Waals surface area contributed by atoms with Crippen LogP contribution in [-0.2, 0) is 14.8 Å². The van der Waals surface area contributed by atoms with E-state index < -0.39 is 45.6 Å². The first-order chi connectivity index (χ1) is 19.3. The molecule has 10 nitrogen and oxygen atoms in total. The molecular formula is C25H22ClF3N2O8S2. The maximum Gasteiger partial charge on any atom is 0.573 e. The van der Waals surface area contributed by atoms with E-state index in [1.54, 1.807) is 24.3 Å². The van der Waals surface area contributed by atoms with Gasteiger partial charge in [0, 0.05) is 24.8 Å². The molecule has 1 saturated heterocycles. The Morgan fingerprint density at radius 1 is 1.10 bits per heavy atom. The average Bonchev–Trinajstić information content (AvgIpc) is 3.23. The number of para-hydroxylation sites is 1. The van der Waals surface area contributed by atoms with Gasteiger partial charge in [-0.25, -0.2) is 18.0 Å². The lowest BCUT2D eigenvalue weighted by Gasteiger charge is -2.32. The maximum atomic E-state index is 13.1. The topological polar surface area (TPSA) is 142 Å². The van der Waals surface area contributed by atoms with Gasteiger partial charge in [0.1, 0.15) is 15.7 Å². The summed E-state index contributed by atoms with van der Waals surface area (Å²) >= 11 is 7.19.